The summed E-state index contributed by atoms with van der Waals surface area (Å²) in [5.74, 6) is 0.356. The molecule has 114 valence electrons. The number of hydrogen-bond acceptors (Lipinski definition) is 3. The number of aliphatic hydroxyl groups is 1. The molecule has 2 N–H and O–H groups in total. The van der Waals surface area contributed by atoms with Crippen LogP contribution < -0.4 is 10.1 Å². The number of ether oxygens (including phenoxy) is 1. The average molecular weight is 330 g/mol. The van der Waals surface area contributed by atoms with E-state index in [1.807, 2.05) is 12.2 Å². The molecule has 0 aromatic heterocycles. The number of rotatable bonds is 6. The molecule has 6 heteroatoms. The van der Waals surface area contributed by atoms with Crippen LogP contribution in [0.4, 0.5) is 0 Å². The molecular weight excluding hydrogens is 313 g/mol. The highest BCUT2D eigenvalue weighted by Crippen LogP contribution is 2.31. The Balaban J connectivity index is 1.73. The zero-order valence-corrected chi connectivity index (χ0v) is 12.9. The summed E-state index contributed by atoms with van der Waals surface area (Å²) in [5, 5.41) is 13.3. The molecule has 1 atom stereocenters. The van der Waals surface area contributed by atoms with Crippen LogP contribution in [0.1, 0.15) is 12.8 Å². The van der Waals surface area contributed by atoms with Crippen molar-refractivity contribution in [2.24, 2.45) is 5.92 Å². The first kappa shape index (κ1) is 16.1. The maximum atomic E-state index is 11.8. The van der Waals surface area contributed by atoms with Gasteiger partial charge in [-0.15, -0.1) is 0 Å². The molecule has 0 spiro atoms. The second-order valence-corrected chi connectivity index (χ2v) is 5.69. The third-order valence-electron chi connectivity index (χ3n) is 3.24. The molecule has 1 aliphatic rings. The van der Waals surface area contributed by atoms with Crippen LogP contribution in [0.3, 0.4) is 0 Å². The van der Waals surface area contributed by atoms with E-state index < -0.39 is 6.10 Å². The maximum absolute atomic E-state index is 11.8. The van der Waals surface area contributed by atoms with Gasteiger partial charge in [-0.3, -0.25) is 4.79 Å². The summed E-state index contributed by atoms with van der Waals surface area (Å²) in [5.41, 5.74) is 0. The quantitative estimate of drug-likeness (QED) is 0.789. The number of allylic oxidation sites excluding steroid dienone is 2. The third kappa shape index (κ3) is 4.63. The van der Waals surface area contributed by atoms with E-state index in [-0.39, 0.29) is 25.0 Å². The van der Waals surface area contributed by atoms with E-state index in [9.17, 15) is 9.90 Å². The third-order valence-corrected chi connectivity index (χ3v) is 4.04. The highest BCUT2D eigenvalue weighted by molar-refractivity contribution is 6.42. The maximum Gasteiger partial charge on any atom is 0.223 e. The molecule has 0 aliphatic heterocycles. The second kappa shape index (κ2) is 7.69. The minimum atomic E-state index is -0.807. The smallest absolute Gasteiger partial charge is 0.223 e. The Morgan fingerprint density at radius 2 is 2.10 bits per heavy atom. The van der Waals surface area contributed by atoms with Gasteiger partial charge in [-0.05, 0) is 25.0 Å². The van der Waals surface area contributed by atoms with Crippen LogP contribution in [0.5, 0.6) is 5.75 Å². The Morgan fingerprint density at radius 1 is 1.38 bits per heavy atom. The number of carbonyl (C=O) groups is 1. The summed E-state index contributed by atoms with van der Waals surface area (Å²) in [7, 11) is 0. The normalized spacial score (nSPS) is 16.0. The summed E-state index contributed by atoms with van der Waals surface area (Å²) < 4.78 is 5.41. The van der Waals surface area contributed by atoms with Gasteiger partial charge in [0.25, 0.3) is 0 Å². The molecule has 4 nitrogen and oxygen atoms in total. The van der Waals surface area contributed by atoms with Gasteiger partial charge in [0.05, 0.1) is 5.02 Å². The predicted molar refractivity (Wildman–Crippen MR) is 82.8 cm³/mol. The van der Waals surface area contributed by atoms with Gasteiger partial charge < -0.3 is 15.2 Å². The van der Waals surface area contributed by atoms with Gasteiger partial charge in [-0.25, -0.2) is 0 Å². The summed E-state index contributed by atoms with van der Waals surface area (Å²) in [6.07, 6.45) is 4.70. The first-order chi connectivity index (χ1) is 10.1. The van der Waals surface area contributed by atoms with E-state index in [0.29, 0.717) is 15.8 Å². The SMILES string of the molecule is O=C(NCC(O)COc1cccc(Cl)c1Cl)C1CC=CC1. The average Bonchev–Trinajstić information content (AvgIpc) is 3.00. The number of carbonyl (C=O) groups excluding carboxylic acids is 1. The Labute approximate surface area is 133 Å². The van der Waals surface area contributed by atoms with E-state index in [2.05, 4.69) is 5.32 Å². The molecule has 1 amide bonds. The Morgan fingerprint density at radius 3 is 2.81 bits per heavy atom. The molecule has 0 saturated carbocycles. The Hall–Kier alpha value is -1.23. The van der Waals surface area contributed by atoms with Gasteiger partial charge in [-0.2, -0.15) is 0 Å². The fourth-order valence-electron chi connectivity index (χ4n) is 2.03. The first-order valence-electron chi connectivity index (χ1n) is 6.75. The van der Waals surface area contributed by atoms with Gasteiger partial charge in [0.15, 0.2) is 0 Å². The molecule has 0 bridgehead atoms. The van der Waals surface area contributed by atoms with Crippen molar-refractivity contribution in [3.63, 3.8) is 0 Å². The molecular formula is C15H17Cl2NO3. The molecule has 1 unspecified atom stereocenters. The molecule has 1 aromatic rings. The monoisotopic (exact) mass is 329 g/mol. The van der Waals surface area contributed by atoms with Gasteiger partial charge in [-0.1, -0.05) is 41.4 Å². The lowest BCUT2D eigenvalue weighted by molar-refractivity contribution is -0.125. The predicted octanol–water partition coefficient (Wildman–Crippen LogP) is 2.82. The van der Waals surface area contributed by atoms with Crippen molar-refractivity contribution >= 4 is 29.1 Å². The van der Waals surface area contributed by atoms with Crippen LogP contribution in [-0.2, 0) is 4.79 Å². The molecule has 2 rings (SSSR count). The van der Waals surface area contributed by atoms with Crippen LogP contribution in [0.15, 0.2) is 30.4 Å². The van der Waals surface area contributed by atoms with Crippen molar-refractivity contribution in [2.45, 2.75) is 18.9 Å². The fourth-order valence-corrected chi connectivity index (χ4v) is 2.38. The van der Waals surface area contributed by atoms with Crippen LogP contribution in [0.2, 0.25) is 10.0 Å². The molecule has 0 heterocycles. The molecule has 0 fully saturated rings. The van der Waals surface area contributed by atoms with Crippen molar-refractivity contribution < 1.29 is 14.6 Å². The van der Waals surface area contributed by atoms with E-state index >= 15 is 0 Å². The molecule has 1 aromatic carbocycles. The van der Waals surface area contributed by atoms with Gasteiger partial charge in [0, 0.05) is 12.5 Å². The lowest BCUT2D eigenvalue weighted by atomic mass is 10.1. The van der Waals surface area contributed by atoms with Crippen LogP contribution in [0, 0.1) is 5.92 Å². The molecule has 0 saturated heterocycles. The number of aliphatic hydroxyl groups excluding tert-OH is 1. The minimum Gasteiger partial charge on any atom is -0.489 e. The standard InChI is InChI=1S/C15H17Cl2NO3/c16-12-6-3-7-13(14(12)17)21-9-11(19)8-18-15(20)10-4-1-2-5-10/h1-3,6-7,10-11,19H,4-5,8-9H2,(H,18,20). The summed E-state index contributed by atoms with van der Waals surface area (Å²) >= 11 is 11.8. The van der Waals surface area contributed by atoms with E-state index in [1.165, 1.54) is 0 Å². The zero-order chi connectivity index (χ0) is 15.2. The van der Waals surface area contributed by atoms with Crippen molar-refractivity contribution in [3.05, 3.63) is 40.4 Å². The molecule has 0 radical (unpaired) electrons. The van der Waals surface area contributed by atoms with Crippen LogP contribution in [-0.4, -0.2) is 30.3 Å². The van der Waals surface area contributed by atoms with E-state index in [4.69, 9.17) is 27.9 Å². The summed E-state index contributed by atoms with van der Waals surface area (Å²) in [6, 6.07) is 5.04. The van der Waals surface area contributed by atoms with Crippen LogP contribution in [0.25, 0.3) is 0 Å². The topological polar surface area (TPSA) is 58.6 Å². The summed E-state index contributed by atoms with van der Waals surface area (Å²) in [6.45, 7) is 0.177. The van der Waals surface area contributed by atoms with Crippen LogP contribution >= 0.6 is 23.2 Å². The van der Waals surface area contributed by atoms with E-state index in [1.54, 1.807) is 18.2 Å². The van der Waals surface area contributed by atoms with Gasteiger partial charge in [0.2, 0.25) is 5.91 Å². The van der Waals surface area contributed by atoms with E-state index in [0.717, 1.165) is 12.8 Å². The summed E-state index contributed by atoms with van der Waals surface area (Å²) in [4.78, 5) is 11.8. The number of nitrogens with one attached hydrogen (secondary N) is 1. The first-order valence-corrected chi connectivity index (χ1v) is 7.51. The Bertz CT molecular complexity index is 526. The fraction of sp³-hybridized carbons (Fsp3) is 0.400. The van der Waals surface area contributed by atoms with Gasteiger partial charge >= 0.3 is 0 Å². The number of amides is 1. The van der Waals surface area contributed by atoms with Crippen molar-refractivity contribution in [1.29, 1.82) is 0 Å². The number of halogens is 2. The largest absolute Gasteiger partial charge is 0.489 e. The van der Waals surface area contributed by atoms with Gasteiger partial charge in [0.1, 0.15) is 23.5 Å². The zero-order valence-electron chi connectivity index (χ0n) is 11.4. The minimum absolute atomic E-state index is 0.0134. The lowest BCUT2D eigenvalue weighted by Gasteiger charge is -2.16. The second-order valence-electron chi connectivity index (χ2n) is 4.90. The molecule has 21 heavy (non-hydrogen) atoms. The highest BCUT2D eigenvalue weighted by Gasteiger charge is 2.19. The molecule has 1 aliphatic carbocycles. The lowest BCUT2D eigenvalue weighted by Crippen LogP contribution is -2.38. The van der Waals surface area contributed by atoms with Crippen molar-refractivity contribution in [1.82, 2.24) is 5.32 Å². The highest BCUT2D eigenvalue weighted by atomic mass is 35.5. The van der Waals surface area contributed by atoms with Crippen molar-refractivity contribution in [3.8, 4) is 5.75 Å². The number of hydrogen-bond donors (Lipinski definition) is 2. The number of benzene rings is 1. The Kier molecular flexibility index (Phi) is 5.91. The van der Waals surface area contributed by atoms with Crippen molar-refractivity contribution in [2.75, 3.05) is 13.2 Å².